The molecule has 2 heterocycles. The van der Waals surface area contributed by atoms with Crippen molar-refractivity contribution in [3.63, 3.8) is 0 Å². The Bertz CT molecular complexity index is 683. The lowest BCUT2D eigenvalue weighted by molar-refractivity contribution is -0.229. The van der Waals surface area contributed by atoms with Gasteiger partial charge in [-0.2, -0.15) is 8.42 Å². The Labute approximate surface area is 141 Å². The minimum absolute atomic E-state index is 0.106. The van der Waals surface area contributed by atoms with Crippen LogP contribution in [0, 0.1) is 6.92 Å². The van der Waals surface area contributed by atoms with Crippen LogP contribution < -0.4 is 0 Å². The van der Waals surface area contributed by atoms with E-state index in [2.05, 4.69) is 0 Å². The minimum Gasteiger partial charge on any atom is -0.353 e. The highest BCUT2D eigenvalue weighted by molar-refractivity contribution is 7.86. The lowest BCUT2D eigenvalue weighted by atomic mass is 10.1. The molecule has 2 aliphatic heterocycles. The summed E-state index contributed by atoms with van der Waals surface area (Å²) in [6, 6.07) is 6.46. The van der Waals surface area contributed by atoms with Gasteiger partial charge < -0.3 is 18.9 Å². The first-order valence-electron chi connectivity index (χ1n) is 7.72. The first kappa shape index (κ1) is 17.8. The van der Waals surface area contributed by atoms with Crippen LogP contribution in [0.4, 0.5) is 0 Å². The van der Waals surface area contributed by atoms with Gasteiger partial charge in [-0.3, -0.25) is 4.18 Å². The van der Waals surface area contributed by atoms with E-state index in [4.69, 9.17) is 23.1 Å². The van der Waals surface area contributed by atoms with Crippen LogP contribution in [0.1, 0.15) is 19.4 Å². The Kier molecular flexibility index (Phi) is 4.71. The number of benzene rings is 1. The maximum atomic E-state index is 12.3. The number of ether oxygens (including phenoxy) is 4. The molecule has 7 nitrogen and oxygen atoms in total. The summed E-state index contributed by atoms with van der Waals surface area (Å²) in [7, 11) is -2.36. The van der Waals surface area contributed by atoms with Crippen molar-refractivity contribution >= 4 is 10.1 Å². The van der Waals surface area contributed by atoms with Gasteiger partial charge in [0.05, 0.1) is 11.5 Å². The fourth-order valence-electron chi connectivity index (χ4n) is 2.90. The summed E-state index contributed by atoms with van der Waals surface area (Å²) in [5.74, 6) is -0.774. The van der Waals surface area contributed by atoms with E-state index in [-0.39, 0.29) is 11.5 Å². The van der Waals surface area contributed by atoms with E-state index in [9.17, 15) is 8.42 Å². The monoisotopic (exact) mass is 358 g/mol. The zero-order valence-electron chi connectivity index (χ0n) is 14.1. The molecule has 0 saturated carbocycles. The van der Waals surface area contributed by atoms with Crippen LogP contribution in [0.25, 0.3) is 0 Å². The van der Waals surface area contributed by atoms with Gasteiger partial charge in [0.2, 0.25) is 0 Å². The van der Waals surface area contributed by atoms with Gasteiger partial charge in [-0.15, -0.1) is 0 Å². The van der Waals surface area contributed by atoms with Crippen LogP contribution in [-0.2, 0) is 33.2 Å². The van der Waals surface area contributed by atoms with Crippen LogP contribution in [0.5, 0.6) is 0 Å². The smallest absolute Gasteiger partial charge is 0.297 e. The van der Waals surface area contributed by atoms with E-state index in [1.165, 1.54) is 19.2 Å². The zero-order valence-corrected chi connectivity index (χ0v) is 14.9. The average Bonchev–Trinajstić information content (AvgIpc) is 2.99. The number of rotatable bonds is 5. The van der Waals surface area contributed by atoms with Gasteiger partial charge in [0.15, 0.2) is 12.1 Å². The maximum absolute atomic E-state index is 12.3. The largest absolute Gasteiger partial charge is 0.353 e. The SMILES string of the molecule is CO[C@@H]1O[C@H](COS(=O)(=O)c2ccc(C)cc2)[C@H]2OC(C)(C)O[C@@H]12. The third kappa shape index (κ3) is 3.49. The van der Waals surface area contributed by atoms with Crippen molar-refractivity contribution in [1.29, 1.82) is 0 Å². The third-order valence-corrected chi connectivity index (χ3v) is 5.33. The van der Waals surface area contributed by atoms with Gasteiger partial charge in [-0.1, -0.05) is 17.7 Å². The van der Waals surface area contributed by atoms with Crippen LogP contribution >= 0.6 is 0 Å². The van der Waals surface area contributed by atoms with E-state index in [0.717, 1.165) is 5.56 Å². The van der Waals surface area contributed by atoms with Gasteiger partial charge in [-0.25, -0.2) is 0 Å². The molecule has 3 rings (SSSR count). The fraction of sp³-hybridized carbons (Fsp3) is 0.625. The first-order valence-corrected chi connectivity index (χ1v) is 9.13. The standard InChI is InChI=1S/C16H22O7S/c1-10-5-7-11(8-6-10)24(17,18)20-9-12-13-14(15(19-4)21-12)23-16(2,3)22-13/h5-8,12-15H,9H2,1-4H3/t12-,13-,14-,15-/m1/s1. The van der Waals surface area contributed by atoms with E-state index in [1.54, 1.807) is 26.0 Å². The summed E-state index contributed by atoms with van der Waals surface area (Å²) in [5, 5.41) is 0. The Morgan fingerprint density at radius 3 is 2.38 bits per heavy atom. The summed E-state index contributed by atoms with van der Waals surface area (Å²) in [6.45, 7) is 5.29. The Morgan fingerprint density at radius 1 is 1.12 bits per heavy atom. The molecule has 4 atom stereocenters. The lowest BCUT2D eigenvalue weighted by Gasteiger charge is -2.23. The van der Waals surface area contributed by atoms with E-state index in [0.29, 0.717) is 0 Å². The van der Waals surface area contributed by atoms with Crippen molar-refractivity contribution in [2.45, 2.75) is 56.1 Å². The molecule has 0 aromatic heterocycles. The molecular formula is C16H22O7S. The molecule has 2 saturated heterocycles. The summed E-state index contributed by atoms with van der Waals surface area (Å²) < 4.78 is 52.2. The predicted molar refractivity (Wildman–Crippen MR) is 83.8 cm³/mol. The quantitative estimate of drug-likeness (QED) is 0.740. The Hall–Kier alpha value is -1.03. The molecular weight excluding hydrogens is 336 g/mol. The second-order valence-corrected chi connectivity index (χ2v) is 8.01. The highest BCUT2D eigenvalue weighted by atomic mass is 32.2. The minimum atomic E-state index is -3.86. The zero-order chi connectivity index (χ0) is 17.5. The maximum Gasteiger partial charge on any atom is 0.297 e. The summed E-state index contributed by atoms with van der Waals surface area (Å²) in [4.78, 5) is 0.106. The van der Waals surface area contributed by atoms with Crippen LogP contribution in [0.2, 0.25) is 0 Å². The van der Waals surface area contributed by atoms with Crippen LogP contribution in [0.3, 0.4) is 0 Å². The third-order valence-electron chi connectivity index (χ3n) is 4.04. The molecule has 0 amide bonds. The summed E-state index contributed by atoms with van der Waals surface area (Å²) in [5.41, 5.74) is 0.970. The predicted octanol–water partition coefficient (Wildman–Crippen LogP) is 1.59. The van der Waals surface area contributed by atoms with Crippen molar-refractivity contribution in [2.75, 3.05) is 13.7 Å². The average molecular weight is 358 g/mol. The lowest BCUT2D eigenvalue weighted by Crippen LogP contribution is -2.33. The van der Waals surface area contributed by atoms with Crippen molar-refractivity contribution < 1.29 is 31.5 Å². The molecule has 1 aromatic rings. The number of hydrogen-bond acceptors (Lipinski definition) is 7. The molecule has 8 heteroatoms. The van der Waals surface area contributed by atoms with Crippen molar-refractivity contribution in [3.05, 3.63) is 29.8 Å². The normalized spacial score (nSPS) is 32.0. The van der Waals surface area contributed by atoms with E-state index < -0.39 is 40.5 Å². The summed E-state index contributed by atoms with van der Waals surface area (Å²) in [6.07, 6.45) is -2.08. The Morgan fingerprint density at radius 2 is 1.75 bits per heavy atom. The highest BCUT2D eigenvalue weighted by Gasteiger charge is 2.55. The van der Waals surface area contributed by atoms with Gasteiger partial charge in [0.25, 0.3) is 10.1 Å². The van der Waals surface area contributed by atoms with Gasteiger partial charge >= 0.3 is 0 Å². The topological polar surface area (TPSA) is 80.3 Å². The molecule has 0 N–H and O–H groups in total. The molecule has 0 bridgehead atoms. The highest BCUT2D eigenvalue weighted by Crippen LogP contribution is 2.39. The van der Waals surface area contributed by atoms with E-state index >= 15 is 0 Å². The molecule has 2 fully saturated rings. The number of methoxy groups -OCH3 is 1. The molecule has 1 aromatic carbocycles. The number of aryl methyl sites for hydroxylation is 1. The molecule has 0 unspecified atom stereocenters. The first-order chi connectivity index (χ1) is 11.2. The van der Waals surface area contributed by atoms with Gasteiger partial charge in [0, 0.05) is 7.11 Å². The van der Waals surface area contributed by atoms with Crippen molar-refractivity contribution in [3.8, 4) is 0 Å². The molecule has 134 valence electrons. The van der Waals surface area contributed by atoms with Gasteiger partial charge in [-0.05, 0) is 32.9 Å². The molecule has 0 radical (unpaired) electrons. The second kappa shape index (κ2) is 6.36. The molecule has 0 spiro atoms. The molecule has 0 aliphatic carbocycles. The van der Waals surface area contributed by atoms with Crippen molar-refractivity contribution in [2.24, 2.45) is 0 Å². The van der Waals surface area contributed by atoms with Gasteiger partial charge in [0.1, 0.15) is 18.3 Å². The van der Waals surface area contributed by atoms with E-state index in [1.807, 2.05) is 6.92 Å². The number of fused-ring (bicyclic) bond motifs is 1. The Balaban J connectivity index is 1.69. The fourth-order valence-corrected chi connectivity index (χ4v) is 3.81. The van der Waals surface area contributed by atoms with Crippen LogP contribution in [0.15, 0.2) is 29.2 Å². The van der Waals surface area contributed by atoms with Crippen molar-refractivity contribution in [1.82, 2.24) is 0 Å². The second-order valence-electron chi connectivity index (χ2n) is 6.40. The summed E-state index contributed by atoms with van der Waals surface area (Å²) >= 11 is 0. The van der Waals surface area contributed by atoms with Crippen LogP contribution in [-0.4, -0.2) is 52.5 Å². The molecule has 2 aliphatic rings. The molecule has 24 heavy (non-hydrogen) atoms. The number of hydrogen-bond donors (Lipinski definition) is 0.